The highest BCUT2D eigenvalue weighted by Crippen LogP contribution is 2.13. The summed E-state index contributed by atoms with van der Waals surface area (Å²) in [4.78, 5) is 21.1. The largest absolute Gasteiger partial charge is 0.463 e. The fraction of sp³-hybridized carbons (Fsp3) is 0.778. The summed E-state index contributed by atoms with van der Waals surface area (Å²) in [6, 6.07) is 0. The summed E-state index contributed by atoms with van der Waals surface area (Å²) in [7, 11) is 0. The lowest BCUT2D eigenvalue weighted by molar-refractivity contribution is -0.170. The van der Waals surface area contributed by atoms with Crippen LogP contribution in [0.5, 0.6) is 0 Å². The van der Waals surface area contributed by atoms with E-state index in [9.17, 15) is 14.7 Å². The van der Waals surface area contributed by atoms with Crippen LogP contribution in [-0.2, 0) is 19.1 Å². The minimum absolute atomic E-state index is 0.198. The summed E-state index contributed by atoms with van der Waals surface area (Å²) in [6.07, 6.45) is -0.723. The van der Waals surface area contributed by atoms with Gasteiger partial charge < -0.3 is 14.6 Å². The third-order valence-corrected chi connectivity index (χ3v) is 1.79. The van der Waals surface area contributed by atoms with Crippen LogP contribution in [0, 0.1) is 0 Å². The van der Waals surface area contributed by atoms with Crippen molar-refractivity contribution < 1.29 is 24.2 Å². The molecular weight excluding hydrogens is 188 g/mol. The Balaban J connectivity index is 4.15. The van der Waals surface area contributed by atoms with Gasteiger partial charge in [0.15, 0.2) is 0 Å². The molecule has 1 N–H and O–H groups in total. The lowest BCUT2D eigenvalue weighted by Crippen LogP contribution is -2.44. The van der Waals surface area contributed by atoms with E-state index in [0.717, 1.165) is 0 Å². The van der Waals surface area contributed by atoms with Gasteiger partial charge in [0.05, 0.1) is 0 Å². The van der Waals surface area contributed by atoms with Crippen molar-refractivity contribution in [2.75, 3.05) is 6.61 Å². The molecule has 0 radical (unpaired) electrons. The van der Waals surface area contributed by atoms with Gasteiger partial charge in [-0.15, -0.1) is 0 Å². The van der Waals surface area contributed by atoms with Crippen molar-refractivity contribution in [2.24, 2.45) is 0 Å². The quantitative estimate of drug-likeness (QED) is 0.664. The van der Waals surface area contributed by atoms with E-state index in [1.165, 1.54) is 27.7 Å². The molecule has 82 valence electrons. The SMILES string of the molecule is CC(=O)OC[C@](C)(O)[C@H](C)OC(C)=O. The van der Waals surface area contributed by atoms with Crippen LogP contribution in [0.1, 0.15) is 27.7 Å². The van der Waals surface area contributed by atoms with E-state index in [0.29, 0.717) is 0 Å². The number of carbonyl (C=O) groups excluding carboxylic acids is 2. The summed E-state index contributed by atoms with van der Waals surface area (Å²) in [6.45, 7) is 5.26. The van der Waals surface area contributed by atoms with Crippen molar-refractivity contribution in [1.82, 2.24) is 0 Å². The van der Waals surface area contributed by atoms with E-state index >= 15 is 0 Å². The van der Waals surface area contributed by atoms with Crippen LogP contribution in [0.3, 0.4) is 0 Å². The van der Waals surface area contributed by atoms with Gasteiger partial charge in [0.25, 0.3) is 0 Å². The molecule has 14 heavy (non-hydrogen) atoms. The minimum Gasteiger partial charge on any atom is -0.463 e. The number of aliphatic hydroxyl groups is 1. The molecule has 0 saturated heterocycles. The molecule has 0 unspecified atom stereocenters. The number of hydrogen-bond donors (Lipinski definition) is 1. The topological polar surface area (TPSA) is 72.8 Å². The van der Waals surface area contributed by atoms with Crippen LogP contribution in [0.4, 0.5) is 0 Å². The van der Waals surface area contributed by atoms with Gasteiger partial charge in [-0.05, 0) is 13.8 Å². The molecule has 0 aromatic heterocycles. The second kappa shape index (κ2) is 4.95. The third kappa shape index (κ3) is 4.81. The Kier molecular flexibility index (Phi) is 4.56. The van der Waals surface area contributed by atoms with E-state index < -0.39 is 23.6 Å². The summed E-state index contributed by atoms with van der Waals surface area (Å²) in [5.74, 6) is -0.971. The lowest BCUT2D eigenvalue weighted by Gasteiger charge is -2.28. The molecule has 0 heterocycles. The number of esters is 2. The summed E-state index contributed by atoms with van der Waals surface area (Å²) < 4.78 is 9.40. The molecule has 5 nitrogen and oxygen atoms in total. The zero-order valence-corrected chi connectivity index (χ0v) is 8.86. The fourth-order valence-electron chi connectivity index (χ4n) is 0.741. The first-order valence-electron chi connectivity index (χ1n) is 4.28. The van der Waals surface area contributed by atoms with E-state index in [4.69, 9.17) is 4.74 Å². The van der Waals surface area contributed by atoms with Crippen molar-refractivity contribution in [1.29, 1.82) is 0 Å². The Labute approximate surface area is 83.0 Å². The normalized spacial score (nSPS) is 16.6. The molecule has 0 saturated carbocycles. The highest BCUT2D eigenvalue weighted by atomic mass is 16.6. The Bertz CT molecular complexity index is 221. The molecule has 0 aliphatic carbocycles. The highest BCUT2D eigenvalue weighted by molar-refractivity contribution is 5.66. The predicted molar refractivity (Wildman–Crippen MR) is 48.5 cm³/mol. The van der Waals surface area contributed by atoms with Gasteiger partial charge in [-0.2, -0.15) is 0 Å². The molecule has 0 rings (SSSR count). The predicted octanol–water partition coefficient (Wildman–Crippen LogP) is 0.252. The highest BCUT2D eigenvalue weighted by Gasteiger charge is 2.32. The monoisotopic (exact) mass is 204 g/mol. The Morgan fingerprint density at radius 2 is 1.86 bits per heavy atom. The molecule has 2 atom stereocenters. The Morgan fingerprint density at radius 1 is 1.36 bits per heavy atom. The van der Waals surface area contributed by atoms with Gasteiger partial charge in [0.2, 0.25) is 0 Å². The van der Waals surface area contributed by atoms with Crippen LogP contribution in [0.25, 0.3) is 0 Å². The summed E-state index contributed by atoms with van der Waals surface area (Å²) >= 11 is 0. The van der Waals surface area contributed by atoms with Crippen LogP contribution in [0.15, 0.2) is 0 Å². The number of ether oxygens (including phenoxy) is 2. The zero-order valence-electron chi connectivity index (χ0n) is 8.86. The maximum atomic E-state index is 10.6. The van der Waals surface area contributed by atoms with E-state index in [-0.39, 0.29) is 6.61 Å². The molecule has 0 aromatic carbocycles. The van der Waals surface area contributed by atoms with Crippen LogP contribution < -0.4 is 0 Å². The molecule has 0 spiro atoms. The number of rotatable bonds is 4. The van der Waals surface area contributed by atoms with Gasteiger partial charge in [-0.1, -0.05) is 0 Å². The average Bonchev–Trinajstić information content (AvgIpc) is 1.99. The molecule has 0 amide bonds. The van der Waals surface area contributed by atoms with Crippen molar-refractivity contribution in [3.05, 3.63) is 0 Å². The number of carbonyl (C=O) groups is 2. The second-order valence-corrected chi connectivity index (χ2v) is 3.39. The molecule has 5 heteroatoms. The first-order chi connectivity index (χ1) is 6.25. The first-order valence-corrected chi connectivity index (χ1v) is 4.28. The van der Waals surface area contributed by atoms with Crippen molar-refractivity contribution in [3.8, 4) is 0 Å². The second-order valence-electron chi connectivity index (χ2n) is 3.39. The molecule has 0 aliphatic rings. The first kappa shape index (κ1) is 12.9. The third-order valence-electron chi connectivity index (χ3n) is 1.79. The van der Waals surface area contributed by atoms with Crippen molar-refractivity contribution in [3.63, 3.8) is 0 Å². The van der Waals surface area contributed by atoms with Crippen LogP contribution in [-0.4, -0.2) is 35.4 Å². The van der Waals surface area contributed by atoms with E-state index in [2.05, 4.69) is 4.74 Å². The van der Waals surface area contributed by atoms with Gasteiger partial charge in [0, 0.05) is 13.8 Å². The van der Waals surface area contributed by atoms with Gasteiger partial charge >= 0.3 is 11.9 Å². The van der Waals surface area contributed by atoms with Gasteiger partial charge in [-0.3, -0.25) is 9.59 Å². The standard InChI is InChI=1S/C9H16O5/c1-6(14-8(3)11)9(4,12)5-13-7(2)10/h6,12H,5H2,1-4H3/t6-,9-/m0/s1. The van der Waals surface area contributed by atoms with Crippen LogP contribution in [0.2, 0.25) is 0 Å². The molecular formula is C9H16O5. The summed E-state index contributed by atoms with van der Waals surface area (Å²) in [5, 5.41) is 9.73. The maximum Gasteiger partial charge on any atom is 0.302 e. The maximum absolute atomic E-state index is 10.6. The Morgan fingerprint density at radius 3 is 2.21 bits per heavy atom. The molecule has 0 aliphatic heterocycles. The molecule has 0 fully saturated rings. The molecule has 0 bridgehead atoms. The number of hydrogen-bond acceptors (Lipinski definition) is 5. The van der Waals surface area contributed by atoms with Crippen molar-refractivity contribution in [2.45, 2.75) is 39.4 Å². The van der Waals surface area contributed by atoms with Gasteiger partial charge in [-0.25, -0.2) is 0 Å². The Hall–Kier alpha value is -1.10. The van der Waals surface area contributed by atoms with E-state index in [1.54, 1.807) is 0 Å². The smallest absolute Gasteiger partial charge is 0.302 e. The van der Waals surface area contributed by atoms with Gasteiger partial charge in [0.1, 0.15) is 18.3 Å². The van der Waals surface area contributed by atoms with E-state index in [1.807, 2.05) is 0 Å². The average molecular weight is 204 g/mol. The fourth-order valence-corrected chi connectivity index (χ4v) is 0.741. The zero-order chi connectivity index (χ0) is 11.4. The van der Waals surface area contributed by atoms with Crippen molar-refractivity contribution >= 4 is 11.9 Å². The summed E-state index contributed by atoms with van der Waals surface area (Å²) in [5.41, 5.74) is -1.36. The van der Waals surface area contributed by atoms with Crippen LogP contribution >= 0.6 is 0 Å². The molecule has 0 aromatic rings. The minimum atomic E-state index is -1.36. The lowest BCUT2D eigenvalue weighted by atomic mass is 10.0.